The number of aliphatic hydroxyl groups excluding tert-OH is 1. The Morgan fingerprint density at radius 3 is 2.45 bits per heavy atom. The number of rotatable bonds is 15. The third-order valence-corrected chi connectivity index (χ3v) is 7.13. The maximum absolute atomic E-state index is 13.3. The van der Waals surface area contributed by atoms with Crippen molar-refractivity contribution < 1.29 is 28.9 Å². The lowest BCUT2D eigenvalue weighted by atomic mass is 9.75. The number of carbonyl (C=O) groups is 2. The maximum Gasteiger partial charge on any atom is 0.336 e. The minimum absolute atomic E-state index is 0.237. The normalized spacial score (nSPS) is 17.7. The zero-order valence-electron chi connectivity index (χ0n) is 23.4. The predicted molar refractivity (Wildman–Crippen MR) is 156 cm³/mol. The summed E-state index contributed by atoms with van der Waals surface area (Å²) in [5, 5.41) is 13.8. The number of unbranched alkanes of at least 4 members (excludes halogenated alkanes) is 3. The largest absolute Gasteiger partial charge is 0.491 e. The summed E-state index contributed by atoms with van der Waals surface area (Å²) in [7, 11) is 1.32. The van der Waals surface area contributed by atoms with Crippen molar-refractivity contribution >= 4 is 29.3 Å². The second kappa shape index (κ2) is 16.2. The number of methoxy groups -OCH3 is 1. The molecule has 2 N–H and O–H groups in total. The average Bonchev–Trinajstić information content (AvgIpc) is 2.95. The van der Waals surface area contributed by atoms with E-state index in [1.165, 1.54) is 7.11 Å². The van der Waals surface area contributed by atoms with Crippen LogP contribution in [0.25, 0.3) is 0 Å². The lowest BCUT2D eigenvalue weighted by Gasteiger charge is -2.31. The SMILES string of the molecule is COC(=O)C1C(C)=NC(C)=C(C(=O)OCCCCCCNCC(O)COc2ccccc2)C1c1ccccc1Cl. The number of halogens is 1. The first kappa shape index (κ1) is 31.3. The zero-order chi connectivity index (χ0) is 28.9. The van der Waals surface area contributed by atoms with Crippen LogP contribution in [-0.2, 0) is 19.1 Å². The lowest BCUT2D eigenvalue weighted by molar-refractivity contribution is -0.144. The molecule has 40 heavy (non-hydrogen) atoms. The van der Waals surface area contributed by atoms with Gasteiger partial charge in [0.05, 0.1) is 19.3 Å². The molecular formula is C31H39ClN2O6. The van der Waals surface area contributed by atoms with Crippen LogP contribution in [-0.4, -0.2) is 62.3 Å². The van der Waals surface area contributed by atoms with Gasteiger partial charge in [0.1, 0.15) is 24.4 Å². The molecule has 0 bridgehead atoms. The first-order valence-electron chi connectivity index (χ1n) is 13.7. The molecule has 0 fully saturated rings. The second-order valence-electron chi connectivity index (χ2n) is 9.78. The van der Waals surface area contributed by atoms with E-state index in [9.17, 15) is 14.7 Å². The summed E-state index contributed by atoms with van der Waals surface area (Å²) < 4.78 is 16.2. The molecule has 0 spiro atoms. The summed E-state index contributed by atoms with van der Waals surface area (Å²) in [6.45, 7) is 5.24. The molecule has 0 saturated carbocycles. The lowest BCUT2D eigenvalue weighted by Crippen LogP contribution is -2.36. The number of nitrogens with one attached hydrogen (secondary N) is 1. The number of benzene rings is 2. The molecule has 3 rings (SSSR count). The molecule has 0 radical (unpaired) electrons. The Morgan fingerprint density at radius 1 is 1.02 bits per heavy atom. The third-order valence-electron chi connectivity index (χ3n) is 6.79. The molecule has 0 saturated heterocycles. The summed E-state index contributed by atoms with van der Waals surface area (Å²) in [6.07, 6.45) is 2.92. The van der Waals surface area contributed by atoms with Gasteiger partial charge in [0.15, 0.2) is 0 Å². The number of nitrogens with zero attached hydrogens (tertiary/aromatic N) is 1. The molecule has 1 aliphatic heterocycles. The van der Waals surface area contributed by atoms with Crippen LogP contribution in [0.2, 0.25) is 5.02 Å². The van der Waals surface area contributed by atoms with Crippen molar-refractivity contribution in [3.05, 3.63) is 76.5 Å². The summed E-state index contributed by atoms with van der Waals surface area (Å²) in [6, 6.07) is 16.6. The summed E-state index contributed by atoms with van der Waals surface area (Å²) >= 11 is 6.50. The molecular weight excluding hydrogens is 532 g/mol. The van der Waals surface area contributed by atoms with E-state index in [0.717, 1.165) is 31.6 Å². The Labute approximate surface area is 241 Å². The van der Waals surface area contributed by atoms with Gasteiger partial charge in [0, 0.05) is 28.9 Å². The molecule has 0 amide bonds. The van der Waals surface area contributed by atoms with Crippen molar-refractivity contribution in [2.75, 3.05) is 33.4 Å². The predicted octanol–water partition coefficient (Wildman–Crippen LogP) is 5.09. The first-order valence-corrected chi connectivity index (χ1v) is 14.0. The minimum Gasteiger partial charge on any atom is -0.491 e. The van der Waals surface area contributed by atoms with E-state index in [-0.39, 0.29) is 13.2 Å². The summed E-state index contributed by atoms with van der Waals surface area (Å²) in [5.74, 6) is -1.66. The molecule has 1 aliphatic rings. The van der Waals surface area contributed by atoms with Crippen LogP contribution in [0.5, 0.6) is 5.75 Å². The fraction of sp³-hybridized carbons (Fsp3) is 0.452. The smallest absolute Gasteiger partial charge is 0.336 e. The fourth-order valence-corrected chi connectivity index (χ4v) is 5.04. The molecule has 0 aliphatic carbocycles. The van der Waals surface area contributed by atoms with Crippen LogP contribution in [0.15, 0.2) is 70.9 Å². The van der Waals surface area contributed by atoms with E-state index in [1.54, 1.807) is 26.0 Å². The van der Waals surface area contributed by atoms with E-state index in [2.05, 4.69) is 10.3 Å². The monoisotopic (exact) mass is 570 g/mol. The summed E-state index contributed by atoms with van der Waals surface area (Å²) in [5.41, 5.74) is 2.06. The van der Waals surface area contributed by atoms with E-state index in [1.807, 2.05) is 42.5 Å². The van der Waals surface area contributed by atoms with Gasteiger partial charge >= 0.3 is 11.9 Å². The van der Waals surface area contributed by atoms with Gasteiger partial charge in [-0.05, 0) is 57.0 Å². The Kier molecular flexibility index (Phi) is 12.7. The number of esters is 2. The van der Waals surface area contributed by atoms with Crippen molar-refractivity contribution in [2.45, 2.75) is 51.6 Å². The van der Waals surface area contributed by atoms with Gasteiger partial charge in [-0.3, -0.25) is 9.79 Å². The molecule has 0 aromatic heterocycles. The van der Waals surface area contributed by atoms with Gasteiger partial charge in [-0.1, -0.05) is 60.8 Å². The van der Waals surface area contributed by atoms with E-state index in [4.69, 9.17) is 25.8 Å². The highest BCUT2D eigenvalue weighted by atomic mass is 35.5. The molecule has 1 heterocycles. The minimum atomic E-state index is -0.771. The van der Waals surface area contributed by atoms with Gasteiger partial charge in [-0.25, -0.2) is 4.79 Å². The van der Waals surface area contributed by atoms with Crippen molar-refractivity contribution in [1.29, 1.82) is 0 Å². The van der Waals surface area contributed by atoms with Crippen LogP contribution in [0, 0.1) is 5.92 Å². The molecule has 2 aromatic rings. The molecule has 8 nitrogen and oxygen atoms in total. The number of aliphatic imine (C=N–C) groups is 1. The molecule has 9 heteroatoms. The highest BCUT2D eigenvalue weighted by molar-refractivity contribution is 6.31. The van der Waals surface area contributed by atoms with E-state index in [0.29, 0.717) is 40.5 Å². The van der Waals surface area contributed by atoms with Gasteiger partial charge in [-0.15, -0.1) is 0 Å². The number of allylic oxidation sites excluding steroid dienone is 1. The van der Waals surface area contributed by atoms with Gasteiger partial charge in [0.2, 0.25) is 0 Å². The van der Waals surface area contributed by atoms with Crippen LogP contribution in [0.3, 0.4) is 0 Å². The number of ether oxygens (including phenoxy) is 3. The highest BCUT2D eigenvalue weighted by Gasteiger charge is 2.42. The number of hydrogen-bond acceptors (Lipinski definition) is 8. The molecule has 2 aromatic carbocycles. The van der Waals surface area contributed by atoms with Crippen LogP contribution >= 0.6 is 11.6 Å². The first-order chi connectivity index (χ1) is 19.3. The zero-order valence-corrected chi connectivity index (χ0v) is 24.2. The van der Waals surface area contributed by atoms with Crippen LogP contribution in [0.1, 0.15) is 51.0 Å². The topological polar surface area (TPSA) is 106 Å². The van der Waals surface area contributed by atoms with Gasteiger partial charge < -0.3 is 24.6 Å². The van der Waals surface area contributed by atoms with Crippen LogP contribution in [0.4, 0.5) is 0 Å². The van der Waals surface area contributed by atoms with E-state index >= 15 is 0 Å². The third kappa shape index (κ3) is 8.91. The average molecular weight is 571 g/mol. The van der Waals surface area contributed by atoms with Crippen molar-refractivity contribution in [3.63, 3.8) is 0 Å². The maximum atomic E-state index is 13.3. The molecule has 216 valence electrons. The standard InChI is InChI=1S/C31H39ClN2O6/c1-21-27(30(36)38-3)29(25-15-9-10-16-26(25)32)28(22(2)34-21)31(37)39-18-12-5-4-11-17-33-19-23(35)20-40-24-13-7-6-8-14-24/h6-10,13-16,23,27,29,33,35H,4-5,11-12,17-20H2,1-3H3. The number of hydrogen-bond donors (Lipinski definition) is 2. The Bertz CT molecular complexity index is 1180. The molecule has 3 unspecified atom stereocenters. The Morgan fingerprint density at radius 2 is 1.73 bits per heavy atom. The van der Waals surface area contributed by atoms with Gasteiger partial charge in [-0.2, -0.15) is 0 Å². The Hall–Kier alpha value is -3.20. The molecule has 3 atom stereocenters. The fourth-order valence-electron chi connectivity index (χ4n) is 4.78. The number of para-hydroxylation sites is 1. The number of aliphatic hydroxyl groups is 1. The highest BCUT2D eigenvalue weighted by Crippen LogP contribution is 2.42. The van der Waals surface area contributed by atoms with Crippen molar-refractivity contribution in [2.24, 2.45) is 10.9 Å². The quantitative estimate of drug-likeness (QED) is 0.227. The summed E-state index contributed by atoms with van der Waals surface area (Å²) in [4.78, 5) is 30.5. The second-order valence-corrected chi connectivity index (χ2v) is 10.2. The Balaban J connectivity index is 1.42. The number of carbonyl (C=O) groups excluding carboxylic acids is 2. The van der Waals surface area contributed by atoms with Crippen LogP contribution < -0.4 is 10.1 Å². The van der Waals surface area contributed by atoms with Crippen molar-refractivity contribution in [1.82, 2.24) is 5.32 Å². The van der Waals surface area contributed by atoms with Crippen molar-refractivity contribution in [3.8, 4) is 5.75 Å². The van der Waals surface area contributed by atoms with Gasteiger partial charge in [0.25, 0.3) is 0 Å². The van der Waals surface area contributed by atoms with E-state index < -0.39 is 29.9 Å².